The van der Waals surface area contributed by atoms with Crippen molar-refractivity contribution in [2.45, 2.75) is 19.8 Å². The summed E-state index contributed by atoms with van der Waals surface area (Å²) in [4.78, 5) is 24.9. The first-order chi connectivity index (χ1) is 9.52. The van der Waals surface area contributed by atoms with Crippen LogP contribution in [0.5, 0.6) is 0 Å². The van der Waals surface area contributed by atoms with Gasteiger partial charge >= 0.3 is 0 Å². The number of rotatable bonds is 2. The van der Waals surface area contributed by atoms with Crippen LogP contribution in [0.25, 0.3) is 0 Å². The van der Waals surface area contributed by atoms with Crippen LogP contribution in [0, 0.1) is 0 Å². The third-order valence-electron chi connectivity index (χ3n) is 3.37. The molecular formula is C16H24N2O2. The van der Waals surface area contributed by atoms with Crippen LogP contribution < -0.4 is 0 Å². The zero-order valence-corrected chi connectivity index (χ0v) is 12.6. The molecule has 1 aliphatic carbocycles. The van der Waals surface area contributed by atoms with Gasteiger partial charge in [0.2, 0.25) is 5.91 Å². The summed E-state index contributed by atoms with van der Waals surface area (Å²) >= 11 is 0. The van der Waals surface area contributed by atoms with Gasteiger partial charge in [0.15, 0.2) is 0 Å². The first-order valence-electron chi connectivity index (χ1n) is 6.92. The van der Waals surface area contributed by atoms with Gasteiger partial charge in [0.25, 0.3) is 0 Å². The molecule has 4 nitrogen and oxygen atoms in total. The van der Waals surface area contributed by atoms with Crippen molar-refractivity contribution in [2.75, 3.05) is 33.7 Å². The molecule has 20 heavy (non-hydrogen) atoms. The number of allylic oxidation sites excluding steroid dienone is 6. The number of likely N-dealkylation sites (N-methyl/N-ethyl adjacent to an activating group) is 2. The van der Waals surface area contributed by atoms with Gasteiger partial charge in [-0.05, 0) is 20.4 Å². The lowest BCUT2D eigenvalue weighted by atomic mass is 10.1. The molecule has 4 heteroatoms. The molecule has 1 amide bonds. The van der Waals surface area contributed by atoms with Crippen LogP contribution in [-0.4, -0.2) is 55.7 Å². The number of piperazine rings is 1. The number of hydrogen-bond donors (Lipinski definition) is 0. The minimum absolute atomic E-state index is 0.226. The van der Waals surface area contributed by atoms with Gasteiger partial charge < -0.3 is 9.69 Å². The maximum absolute atomic E-state index is 10.9. The Kier molecular flexibility index (Phi) is 6.94. The molecule has 0 spiro atoms. The molecule has 1 heterocycles. The van der Waals surface area contributed by atoms with Crippen LogP contribution in [0.15, 0.2) is 35.5 Å². The Morgan fingerprint density at radius 3 is 2.65 bits per heavy atom. The first kappa shape index (κ1) is 16.4. The highest BCUT2D eigenvalue weighted by Crippen LogP contribution is 2.12. The Morgan fingerprint density at radius 2 is 2.05 bits per heavy atom. The van der Waals surface area contributed by atoms with Crippen molar-refractivity contribution < 1.29 is 9.59 Å². The first-order valence-corrected chi connectivity index (χ1v) is 6.92. The third-order valence-corrected chi connectivity index (χ3v) is 3.37. The number of amides is 1. The number of carbonyl (C=O) groups is 2. The van der Waals surface area contributed by atoms with Crippen molar-refractivity contribution in [3.63, 3.8) is 0 Å². The Hall–Kier alpha value is -1.68. The fourth-order valence-electron chi connectivity index (χ4n) is 1.90. The monoisotopic (exact) mass is 276 g/mol. The number of aldehydes is 1. The van der Waals surface area contributed by atoms with Gasteiger partial charge in [-0.2, -0.15) is 0 Å². The lowest BCUT2D eigenvalue weighted by Gasteiger charge is -2.28. The minimum atomic E-state index is 0.226. The Morgan fingerprint density at radius 1 is 1.30 bits per heavy atom. The van der Waals surface area contributed by atoms with E-state index in [4.69, 9.17) is 0 Å². The lowest BCUT2D eigenvalue weighted by molar-refractivity contribution is -0.133. The maximum atomic E-state index is 10.9. The molecule has 0 saturated carbocycles. The second kappa shape index (κ2) is 8.48. The summed E-state index contributed by atoms with van der Waals surface area (Å²) in [6.07, 6.45) is 10.6. The van der Waals surface area contributed by atoms with Gasteiger partial charge in [-0.15, -0.1) is 0 Å². The van der Waals surface area contributed by atoms with Gasteiger partial charge in [0.05, 0.1) is 6.54 Å². The van der Waals surface area contributed by atoms with Crippen LogP contribution in [0.1, 0.15) is 19.8 Å². The third kappa shape index (κ3) is 5.97. The van der Waals surface area contributed by atoms with Crippen molar-refractivity contribution in [1.82, 2.24) is 9.80 Å². The summed E-state index contributed by atoms with van der Waals surface area (Å²) in [5.41, 5.74) is 2.45. The van der Waals surface area contributed by atoms with Gasteiger partial charge in [0, 0.05) is 26.6 Å². The molecule has 1 saturated heterocycles. The van der Waals surface area contributed by atoms with Crippen LogP contribution >= 0.6 is 0 Å². The van der Waals surface area contributed by atoms with Crippen molar-refractivity contribution in [1.29, 1.82) is 0 Å². The van der Waals surface area contributed by atoms with Crippen LogP contribution in [0.4, 0.5) is 0 Å². The van der Waals surface area contributed by atoms with Gasteiger partial charge in [0.1, 0.15) is 6.29 Å². The summed E-state index contributed by atoms with van der Waals surface area (Å²) in [6.45, 7) is 4.52. The van der Waals surface area contributed by atoms with E-state index in [2.05, 4.69) is 19.1 Å². The van der Waals surface area contributed by atoms with Crippen molar-refractivity contribution in [2.24, 2.45) is 0 Å². The van der Waals surface area contributed by atoms with Crippen LogP contribution in [0.3, 0.4) is 0 Å². The van der Waals surface area contributed by atoms with Crippen molar-refractivity contribution in [3.05, 3.63) is 35.5 Å². The summed E-state index contributed by atoms with van der Waals surface area (Å²) < 4.78 is 0. The zero-order chi connectivity index (χ0) is 15.0. The molecule has 0 aromatic carbocycles. The summed E-state index contributed by atoms with van der Waals surface area (Å²) in [5, 5.41) is 0. The van der Waals surface area contributed by atoms with E-state index in [0.717, 1.165) is 25.8 Å². The summed E-state index contributed by atoms with van der Waals surface area (Å²) in [6, 6.07) is 0. The predicted molar refractivity (Wildman–Crippen MR) is 81.4 cm³/mol. The molecule has 0 atom stereocenters. The largest absolute Gasteiger partial charge is 0.343 e. The van der Waals surface area contributed by atoms with E-state index in [1.54, 1.807) is 4.90 Å². The topological polar surface area (TPSA) is 40.6 Å². The fraction of sp³-hybridized carbons (Fsp3) is 0.500. The molecule has 0 unspecified atom stereocenters. The van der Waals surface area contributed by atoms with Crippen LogP contribution in [-0.2, 0) is 9.59 Å². The highest BCUT2D eigenvalue weighted by Gasteiger charge is 2.16. The summed E-state index contributed by atoms with van der Waals surface area (Å²) in [5.74, 6) is 0.226. The molecule has 0 aromatic rings. The highest BCUT2D eigenvalue weighted by molar-refractivity contribution is 5.78. The molecule has 1 fully saturated rings. The number of nitrogens with zero attached hydrogens (tertiary/aromatic N) is 2. The second-order valence-electron chi connectivity index (χ2n) is 5.26. The zero-order valence-electron chi connectivity index (χ0n) is 12.6. The average Bonchev–Trinajstić information content (AvgIpc) is 2.61. The molecule has 2 rings (SSSR count). The van der Waals surface area contributed by atoms with E-state index in [9.17, 15) is 9.59 Å². The highest BCUT2D eigenvalue weighted by atomic mass is 16.2. The standard InChI is InChI=1S/C10H12O.C6H12N2O/c1-9-3-2-4-10(6-5-9)7-8-11;1-7-3-4-8(2)6(9)5-7/h2-5,8H,6-7H2,1H3;3-5H2,1-2H3. The van der Waals surface area contributed by atoms with Crippen LogP contribution in [0.2, 0.25) is 0 Å². The van der Waals surface area contributed by atoms with Gasteiger partial charge in [-0.25, -0.2) is 0 Å². The molecule has 110 valence electrons. The molecule has 2 aliphatic rings. The Bertz CT molecular complexity index is 433. The van der Waals surface area contributed by atoms with E-state index in [1.165, 1.54) is 11.1 Å². The van der Waals surface area contributed by atoms with Crippen molar-refractivity contribution >= 4 is 12.2 Å². The normalized spacial score (nSPS) is 19.6. The molecular weight excluding hydrogens is 252 g/mol. The van der Waals surface area contributed by atoms with E-state index < -0.39 is 0 Å². The maximum Gasteiger partial charge on any atom is 0.236 e. The molecule has 0 bridgehead atoms. The lowest BCUT2D eigenvalue weighted by Crippen LogP contribution is -2.46. The number of carbonyl (C=O) groups excluding carboxylic acids is 2. The average molecular weight is 276 g/mol. The van der Waals surface area contributed by atoms with Gasteiger partial charge in [-0.1, -0.05) is 35.5 Å². The molecule has 1 aliphatic heterocycles. The summed E-state index contributed by atoms with van der Waals surface area (Å²) in [7, 11) is 3.81. The van der Waals surface area contributed by atoms with E-state index in [-0.39, 0.29) is 5.91 Å². The SMILES string of the molecule is CC1=CCC(CC=O)=CC=C1.CN1CCN(C)C(=O)C1. The molecule has 0 radical (unpaired) electrons. The van der Waals surface area contributed by atoms with E-state index in [1.807, 2.05) is 31.1 Å². The van der Waals surface area contributed by atoms with Crippen molar-refractivity contribution in [3.8, 4) is 0 Å². The Labute approximate surface area is 121 Å². The quantitative estimate of drug-likeness (QED) is 0.722. The molecule has 0 N–H and O–H groups in total. The van der Waals surface area contributed by atoms with E-state index in [0.29, 0.717) is 13.0 Å². The smallest absolute Gasteiger partial charge is 0.236 e. The predicted octanol–water partition coefficient (Wildman–Crippen LogP) is 1.80. The van der Waals surface area contributed by atoms with E-state index >= 15 is 0 Å². The fourth-order valence-corrected chi connectivity index (χ4v) is 1.90. The Balaban J connectivity index is 0.000000204. The number of hydrogen-bond acceptors (Lipinski definition) is 3. The van der Waals surface area contributed by atoms with Gasteiger partial charge in [-0.3, -0.25) is 9.69 Å². The minimum Gasteiger partial charge on any atom is -0.343 e. The second-order valence-corrected chi connectivity index (χ2v) is 5.26. The molecule has 0 aromatic heterocycles.